The topological polar surface area (TPSA) is 91.2 Å². The molecule has 1 aliphatic carbocycles. The number of amides is 2. The fourth-order valence-electron chi connectivity index (χ4n) is 4.35. The van der Waals surface area contributed by atoms with Gasteiger partial charge < -0.3 is 14.6 Å². The van der Waals surface area contributed by atoms with Gasteiger partial charge in [-0.1, -0.05) is 19.3 Å². The van der Waals surface area contributed by atoms with Crippen LogP contribution in [0.15, 0.2) is 28.9 Å². The quantitative estimate of drug-likeness (QED) is 0.828. The number of nitrogens with zero attached hydrogens (tertiary/aromatic N) is 2. The predicted molar refractivity (Wildman–Crippen MR) is 104 cm³/mol. The van der Waals surface area contributed by atoms with Crippen molar-refractivity contribution < 1.29 is 14.0 Å². The van der Waals surface area contributed by atoms with E-state index in [1.165, 1.54) is 19.3 Å². The first-order valence-electron chi connectivity index (χ1n) is 10.4. The minimum atomic E-state index is -0.219. The number of carbonyl (C=O) groups excluding carboxylic acids is 2. The fourth-order valence-corrected chi connectivity index (χ4v) is 4.35. The maximum Gasteiger partial charge on any atom is 0.272 e. The van der Waals surface area contributed by atoms with E-state index in [0.29, 0.717) is 29.8 Å². The lowest BCUT2D eigenvalue weighted by Gasteiger charge is -2.34. The molecule has 0 bridgehead atoms. The van der Waals surface area contributed by atoms with E-state index >= 15 is 0 Å². The summed E-state index contributed by atoms with van der Waals surface area (Å²) in [6.07, 6.45) is 9.15. The molecule has 2 fully saturated rings. The lowest BCUT2D eigenvalue weighted by Crippen LogP contribution is -2.41. The highest BCUT2D eigenvalue weighted by Crippen LogP contribution is 2.30. The van der Waals surface area contributed by atoms with E-state index < -0.39 is 0 Å². The van der Waals surface area contributed by atoms with Gasteiger partial charge in [-0.15, -0.1) is 0 Å². The minimum absolute atomic E-state index is 0.219. The van der Waals surface area contributed by atoms with Crippen LogP contribution in [0, 0.1) is 5.92 Å². The Morgan fingerprint density at radius 3 is 2.68 bits per heavy atom. The number of aromatic nitrogens is 2. The van der Waals surface area contributed by atoms with Crippen molar-refractivity contribution in [3.05, 3.63) is 41.6 Å². The van der Waals surface area contributed by atoms with Gasteiger partial charge in [0.05, 0.1) is 12.8 Å². The first-order valence-corrected chi connectivity index (χ1v) is 10.4. The average molecular weight is 384 g/mol. The molecule has 28 heavy (non-hydrogen) atoms. The molecule has 7 heteroatoms. The molecule has 3 heterocycles. The normalized spacial score (nSPS) is 18.9. The van der Waals surface area contributed by atoms with Gasteiger partial charge in [0.1, 0.15) is 11.5 Å². The molecular weight excluding hydrogens is 356 g/mol. The number of H-pyrrole nitrogens is 1. The lowest BCUT2D eigenvalue weighted by atomic mass is 9.87. The number of piperidine rings is 1. The smallest absolute Gasteiger partial charge is 0.272 e. The monoisotopic (exact) mass is 384 g/mol. The van der Waals surface area contributed by atoms with Crippen LogP contribution in [0.4, 0.5) is 0 Å². The number of furan rings is 1. The van der Waals surface area contributed by atoms with Crippen molar-refractivity contribution in [3.63, 3.8) is 0 Å². The predicted octanol–water partition coefficient (Wildman–Crippen LogP) is 3.22. The first kappa shape index (κ1) is 18.8. The number of rotatable bonds is 5. The average Bonchev–Trinajstić information content (AvgIpc) is 3.44. The first-order chi connectivity index (χ1) is 13.7. The molecule has 1 saturated carbocycles. The summed E-state index contributed by atoms with van der Waals surface area (Å²) in [6, 6.07) is 5.44. The van der Waals surface area contributed by atoms with Crippen LogP contribution < -0.4 is 5.32 Å². The molecule has 1 saturated heterocycles. The SMILES string of the molecule is O=C(NCc1ccco1)c1cc(C2CCN(C(=O)C3CCCCC3)CC2)[nH]n1. The second-order valence-corrected chi connectivity index (χ2v) is 7.91. The highest BCUT2D eigenvalue weighted by atomic mass is 16.3. The molecule has 2 aromatic heterocycles. The molecule has 0 aromatic carbocycles. The molecule has 2 N–H and O–H groups in total. The van der Waals surface area contributed by atoms with Gasteiger partial charge in [0, 0.05) is 30.6 Å². The van der Waals surface area contributed by atoms with Crippen molar-refractivity contribution in [2.45, 2.75) is 57.4 Å². The standard InChI is InChI=1S/C21H28N4O3/c26-20(22-14-17-7-4-12-28-17)19-13-18(23-24-19)15-8-10-25(11-9-15)21(27)16-5-2-1-3-6-16/h4,7,12-13,15-16H,1-3,5-6,8-11,14H2,(H,22,26)(H,23,24). The maximum absolute atomic E-state index is 12.7. The van der Waals surface area contributed by atoms with E-state index in [9.17, 15) is 9.59 Å². The lowest BCUT2D eigenvalue weighted by molar-refractivity contribution is -0.137. The van der Waals surface area contributed by atoms with Gasteiger partial charge >= 0.3 is 0 Å². The summed E-state index contributed by atoms with van der Waals surface area (Å²) in [6.45, 7) is 1.92. The number of hydrogen-bond acceptors (Lipinski definition) is 4. The van der Waals surface area contributed by atoms with Crippen LogP contribution in [-0.2, 0) is 11.3 Å². The van der Waals surface area contributed by atoms with E-state index in [1.54, 1.807) is 12.3 Å². The Hall–Kier alpha value is -2.57. The third-order valence-corrected chi connectivity index (χ3v) is 6.03. The Morgan fingerprint density at radius 2 is 1.96 bits per heavy atom. The Bertz CT molecular complexity index is 784. The molecule has 2 aromatic rings. The highest BCUT2D eigenvalue weighted by molar-refractivity contribution is 5.92. The molecule has 7 nitrogen and oxygen atoms in total. The summed E-state index contributed by atoms with van der Waals surface area (Å²) in [5, 5.41) is 10.00. The Kier molecular flexibility index (Phi) is 5.78. The molecule has 4 rings (SSSR count). The van der Waals surface area contributed by atoms with E-state index in [1.807, 2.05) is 17.0 Å². The zero-order chi connectivity index (χ0) is 19.3. The van der Waals surface area contributed by atoms with E-state index in [-0.39, 0.29) is 11.8 Å². The molecule has 2 amide bonds. The van der Waals surface area contributed by atoms with Gasteiger partial charge in [-0.3, -0.25) is 14.7 Å². The number of aromatic amines is 1. The van der Waals surface area contributed by atoms with Gasteiger partial charge in [0.2, 0.25) is 5.91 Å². The number of nitrogens with one attached hydrogen (secondary N) is 2. The van der Waals surface area contributed by atoms with Crippen LogP contribution >= 0.6 is 0 Å². The summed E-state index contributed by atoms with van der Waals surface area (Å²) in [5.41, 5.74) is 1.37. The molecule has 0 atom stereocenters. The van der Waals surface area contributed by atoms with Gasteiger partial charge in [-0.2, -0.15) is 5.10 Å². The van der Waals surface area contributed by atoms with Gasteiger partial charge in [0.15, 0.2) is 0 Å². The summed E-state index contributed by atoms with van der Waals surface area (Å²) in [5.74, 6) is 1.39. The summed E-state index contributed by atoms with van der Waals surface area (Å²) < 4.78 is 5.22. The van der Waals surface area contributed by atoms with Crippen LogP contribution in [0.1, 0.15) is 72.8 Å². The molecule has 2 aliphatic rings. The highest BCUT2D eigenvalue weighted by Gasteiger charge is 2.30. The molecule has 150 valence electrons. The van der Waals surface area contributed by atoms with Crippen molar-refractivity contribution in [2.75, 3.05) is 13.1 Å². The van der Waals surface area contributed by atoms with Crippen molar-refractivity contribution in [1.82, 2.24) is 20.4 Å². The summed E-state index contributed by atoms with van der Waals surface area (Å²) in [4.78, 5) is 27.0. The fraction of sp³-hybridized carbons (Fsp3) is 0.571. The molecule has 1 aliphatic heterocycles. The van der Waals surface area contributed by atoms with Crippen molar-refractivity contribution >= 4 is 11.8 Å². The zero-order valence-electron chi connectivity index (χ0n) is 16.2. The van der Waals surface area contributed by atoms with Crippen LogP contribution in [0.2, 0.25) is 0 Å². The van der Waals surface area contributed by atoms with E-state index in [4.69, 9.17) is 4.42 Å². The van der Waals surface area contributed by atoms with Crippen LogP contribution in [0.5, 0.6) is 0 Å². The third kappa shape index (κ3) is 4.29. The van der Waals surface area contributed by atoms with Crippen LogP contribution in [0.3, 0.4) is 0 Å². The Balaban J connectivity index is 1.28. The van der Waals surface area contributed by atoms with Gasteiger partial charge in [-0.05, 0) is 43.9 Å². The zero-order valence-corrected chi connectivity index (χ0v) is 16.2. The number of hydrogen-bond donors (Lipinski definition) is 2. The van der Waals surface area contributed by atoms with Crippen molar-refractivity contribution in [1.29, 1.82) is 0 Å². The van der Waals surface area contributed by atoms with Crippen molar-refractivity contribution in [2.24, 2.45) is 5.92 Å². The van der Waals surface area contributed by atoms with Gasteiger partial charge in [-0.25, -0.2) is 0 Å². The van der Waals surface area contributed by atoms with E-state index in [0.717, 1.165) is 44.5 Å². The van der Waals surface area contributed by atoms with Crippen LogP contribution in [-0.4, -0.2) is 40.0 Å². The maximum atomic E-state index is 12.7. The van der Waals surface area contributed by atoms with E-state index in [2.05, 4.69) is 15.5 Å². The molecular formula is C21H28N4O3. The molecule has 0 unspecified atom stereocenters. The van der Waals surface area contributed by atoms with Crippen LogP contribution in [0.25, 0.3) is 0 Å². The minimum Gasteiger partial charge on any atom is -0.467 e. The third-order valence-electron chi connectivity index (χ3n) is 6.03. The Labute approximate surface area is 164 Å². The summed E-state index contributed by atoms with van der Waals surface area (Å²) in [7, 11) is 0. The number of likely N-dealkylation sites (tertiary alicyclic amines) is 1. The van der Waals surface area contributed by atoms with Crippen molar-refractivity contribution in [3.8, 4) is 0 Å². The molecule has 0 spiro atoms. The Morgan fingerprint density at radius 1 is 1.18 bits per heavy atom. The largest absolute Gasteiger partial charge is 0.467 e. The second-order valence-electron chi connectivity index (χ2n) is 7.91. The summed E-state index contributed by atoms with van der Waals surface area (Å²) >= 11 is 0. The van der Waals surface area contributed by atoms with Gasteiger partial charge in [0.25, 0.3) is 5.91 Å². The second kappa shape index (κ2) is 8.63. The molecule has 0 radical (unpaired) electrons. The number of carbonyl (C=O) groups is 2.